The number of aromatic nitrogens is 2. The van der Waals surface area contributed by atoms with E-state index in [4.69, 9.17) is 0 Å². The van der Waals surface area contributed by atoms with Gasteiger partial charge in [0.15, 0.2) is 0 Å². The van der Waals surface area contributed by atoms with Crippen molar-refractivity contribution in [2.24, 2.45) is 0 Å². The van der Waals surface area contributed by atoms with Gasteiger partial charge in [0.25, 0.3) is 5.56 Å². The molecule has 0 bridgehead atoms. The van der Waals surface area contributed by atoms with E-state index in [1.165, 1.54) is 19.3 Å². The van der Waals surface area contributed by atoms with Gasteiger partial charge in [-0.3, -0.25) is 4.79 Å². The molecule has 3 aliphatic rings. The summed E-state index contributed by atoms with van der Waals surface area (Å²) in [6.45, 7) is 0. The van der Waals surface area contributed by atoms with Crippen LogP contribution in [0.2, 0.25) is 0 Å². The lowest BCUT2D eigenvalue weighted by molar-refractivity contribution is 0.0795. The minimum Gasteiger partial charge on any atom is -0.392 e. The largest absolute Gasteiger partial charge is 0.392 e. The maximum atomic E-state index is 12.2. The fourth-order valence-electron chi connectivity index (χ4n) is 4.39. The predicted molar refractivity (Wildman–Crippen MR) is 93.2 cm³/mol. The van der Waals surface area contributed by atoms with Gasteiger partial charge >= 0.3 is 0 Å². The van der Waals surface area contributed by atoms with Gasteiger partial charge in [0.1, 0.15) is 0 Å². The van der Waals surface area contributed by atoms with E-state index in [1.54, 1.807) is 10.7 Å². The van der Waals surface area contributed by atoms with Crippen LogP contribution in [0, 0.1) is 0 Å². The van der Waals surface area contributed by atoms with E-state index in [2.05, 4.69) is 10.4 Å². The summed E-state index contributed by atoms with van der Waals surface area (Å²) in [4.78, 5) is 12.2. The van der Waals surface area contributed by atoms with E-state index in [-0.39, 0.29) is 23.7 Å². The summed E-state index contributed by atoms with van der Waals surface area (Å²) in [6.07, 6.45) is 10.8. The third-order valence-corrected chi connectivity index (χ3v) is 6.06. The zero-order valence-electron chi connectivity index (χ0n) is 14.4. The van der Waals surface area contributed by atoms with Crippen molar-refractivity contribution in [3.8, 4) is 0 Å². The van der Waals surface area contributed by atoms with Crippen LogP contribution < -0.4 is 10.9 Å². The highest BCUT2D eigenvalue weighted by atomic mass is 16.3. The molecule has 0 aliphatic heterocycles. The molecule has 0 saturated heterocycles. The molecule has 5 heteroatoms. The molecule has 2 unspecified atom stereocenters. The van der Waals surface area contributed by atoms with E-state index in [9.17, 15) is 9.90 Å². The first-order valence-electron chi connectivity index (χ1n) is 9.74. The van der Waals surface area contributed by atoms with E-state index < -0.39 is 0 Å². The van der Waals surface area contributed by atoms with Gasteiger partial charge in [-0.05, 0) is 57.4 Å². The smallest absolute Gasteiger partial charge is 0.267 e. The molecule has 0 aromatic carbocycles. The van der Waals surface area contributed by atoms with Gasteiger partial charge in [0.2, 0.25) is 0 Å². The first-order chi connectivity index (χ1) is 11.7. The molecule has 2 N–H and O–H groups in total. The fourth-order valence-corrected chi connectivity index (χ4v) is 4.39. The van der Waals surface area contributed by atoms with Crippen LogP contribution >= 0.6 is 0 Å². The van der Waals surface area contributed by atoms with Crippen LogP contribution in [0.1, 0.15) is 81.9 Å². The van der Waals surface area contributed by atoms with Crippen LogP contribution in [0.3, 0.4) is 0 Å². The minimum atomic E-state index is -0.184. The molecule has 1 aromatic rings. The molecule has 3 fully saturated rings. The lowest BCUT2D eigenvalue weighted by atomic mass is 9.87. The second kappa shape index (κ2) is 6.96. The number of aliphatic hydroxyl groups excluding tert-OH is 1. The monoisotopic (exact) mass is 331 g/mol. The molecule has 0 amide bonds. The number of rotatable bonds is 4. The number of hydrogen-bond donors (Lipinski definition) is 2. The third-order valence-electron chi connectivity index (χ3n) is 6.06. The number of hydrogen-bond acceptors (Lipinski definition) is 4. The van der Waals surface area contributed by atoms with Crippen molar-refractivity contribution in [3.05, 3.63) is 28.2 Å². The SMILES string of the molecule is O=c1ccc(C2CC2)nn1C1CCC(NC2CCCCC2O)CC1. The van der Waals surface area contributed by atoms with E-state index in [1.807, 2.05) is 6.07 Å². The topological polar surface area (TPSA) is 67.2 Å². The van der Waals surface area contributed by atoms with Gasteiger partial charge < -0.3 is 10.4 Å². The van der Waals surface area contributed by atoms with E-state index in [0.29, 0.717) is 12.0 Å². The molecule has 2 atom stereocenters. The highest BCUT2D eigenvalue weighted by Crippen LogP contribution is 2.38. The van der Waals surface area contributed by atoms with Gasteiger partial charge in [-0.1, -0.05) is 12.8 Å². The lowest BCUT2D eigenvalue weighted by Gasteiger charge is -2.36. The fraction of sp³-hybridized carbons (Fsp3) is 0.789. The summed E-state index contributed by atoms with van der Waals surface area (Å²) in [6, 6.07) is 4.59. The molecule has 0 spiro atoms. The van der Waals surface area contributed by atoms with Gasteiger partial charge in [0.05, 0.1) is 17.8 Å². The molecule has 1 aromatic heterocycles. The second-order valence-electron chi connectivity index (χ2n) is 7.95. The Kier molecular flexibility index (Phi) is 4.72. The van der Waals surface area contributed by atoms with Crippen molar-refractivity contribution in [1.29, 1.82) is 0 Å². The van der Waals surface area contributed by atoms with Crippen LogP contribution in [0.15, 0.2) is 16.9 Å². The van der Waals surface area contributed by atoms with E-state index >= 15 is 0 Å². The normalized spacial score (nSPS) is 34.2. The first kappa shape index (κ1) is 16.3. The summed E-state index contributed by atoms with van der Waals surface area (Å²) in [7, 11) is 0. The summed E-state index contributed by atoms with van der Waals surface area (Å²) >= 11 is 0. The molecular formula is C19H29N3O2. The quantitative estimate of drug-likeness (QED) is 0.889. The molecule has 0 radical (unpaired) electrons. The summed E-state index contributed by atoms with van der Waals surface area (Å²) < 4.78 is 1.75. The summed E-state index contributed by atoms with van der Waals surface area (Å²) in [5.41, 5.74) is 1.14. The molecule has 3 saturated carbocycles. The van der Waals surface area contributed by atoms with Gasteiger partial charge in [-0.15, -0.1) is 0 Å². The van der Waals surface area contributed by atoms with E-state index in [0.717, 1.165) is 50.6 Å². The Labute approximate surface area is 143 Å². The molecule has 3 aliphatic carbocycles. The number of nitrogens with one attached hydrogen (secondary N) is 1. The highest BCUT2D eigenvalue weighted by Gasteiger charge is 2.30. The first-order valence-corrected chi connectivity index (χ1v) is 9.74. The standard InChI is InChI=1S/C19H29N3O2/c23-18-4-2-1-3-17(18)20-14-7-9-15(10-8-14)22-19(24)12-11-16(21-22)13-5-6-13/h11-15,17-18,20,23H,1-10H2. The van der Waals surface area contributed by atoms with Gasteiger partial charge in [-0.2, -0.15) is 5.10 Å². The summed E-state index contributed by atoms with van der Waals surface area (Å²) in [5, 5.41) is 18.5. The zero-order chi connectivity index (χ0) is 16.5. The average Bonchev–Trinajstić information content (AvgIpc) is 3.43. The number of aliphatic hydroxyl groups is 1. The van der Waals surface area contributed by atoms with Crippen LogP contribution in [0.25, 0.3) is 0 Å². The van der Waals surface area contributed by atoms with Crippen molar-refractivity contribution in [2.45, 2.75) is 94.4 Å². The van der Waals surface area contributed by atoms with Crippen LogP contribution in [0.5, 0.6) is 0 Å². The molecule has 1 heterocycles. The number of nitrogens with zero attached hydrogens (tertiary/aromatic N) is 2. The Balaban J connectivity index is 1.36. The van der Waals surface area contributed by atoms with Crippen molar-refractivity contribution >= 4 is 0 Å². The van der Waals surface area contributed by atoms with Crippen molar-refractivity contribution < 1.29 is 5.11 Å². The summed E-state index contributed by atoms with van der Waals surface area (Å²) in [5.74, 6) is 0.586. The predicted octanol–water partition coefficient (Wildman–Crippen LogP) is 2.50. The van der Waals surface area contributed by atoms with Crippen LogP contribution in [-0.2, 0) is 0 Å². The average molecular weight is 331 g/mol. The minimum absolute atomic E-state index is 0.0403. The molecule has 5 nitrogen and oxygen atoms in total. The maximum absolute atomic E-state index is 12.2. The van der Waals surface area contributed by atoms with Crippen LogP contribution in [0.4, 0.5) is 0 Å². The van der Waals surface area contributed by atoms with Gasteiger partial charge in [-0.25, -0.2) is 4.68 Å². The maximum Gasteiger partial charge on any atom is 0.267 e. The molecular weight excluding hydrogens is 302 g/mol. The Hall–Kier alpha value is -1.20. The van der Waals surface area contributed by atoms with Gasteiger partial charge in [0, 0.05) is 24.1 Å². The van der Waals surface area contributed by atoms with Crippen LogP contribution in [-0.4, -0.2) is 33.1 Å². The second-order valence-corrected chi connectivity index (χ2v) is 7.95. The Bertz CT molecular complexity index is 617. The lowest BCUT2D eigenvalue weighted by Crippen LogP contribution is -2.48. The molecule has 4 rings (SSSR count). The van der Waals surface area contributed by atoms with Crippen molar-refractivity contribution in [3.63, 3.8) is 0 Å². The molecule has 132 valence electrons. The molecule has 24 heavy (non-hydrogen) atoms. The Morgan fingerprint density at radius 2 is 1.75 bits per heavy atom. The van der Waals surface area contributed by atoms with Crippen molar-refractivity contribution in [1.82, 2.24) is 15.1 Å². The Morgan fingerprint density at radius 3 is 2.46 bits per heavy atom. The van der Waals surface area contributed by atoms with Crippen molar-refractivity contribution in [2.75, 3.05) is 0 Å². The highest BCUT2D eigenvalue weighted by molar-refractivity contribution is 5.13. The third kappa shape index (κ3) is 3.57. The Morgan fingerprint density at radius 1 is 1.00 bits per heavy atom. The zero-order valence-corrected chi connectivity index (χ0v) is 14.4.